The number of ether oxygens (including phenoxy) is 1. The molecule has 2 unspecified atom stereocenters. The van der Waals surface area contributed by atoms with Gasteiger partial charge in [-0.05, 0) is 56.4 Å². The van der Waals surface area contributed by atoms with Gasteiger partial charge in [0.1, 0.15) is 6.04 Å². The molecule has 19 heavy (non-hydrogen) atoms. The Kier molecular flexibility index (Phi) is 4.99. The summed E-state index contributed by atoms with van der Waals surface area (Å²) in [5.74, 6) is -0.163. The van der Waals surface area contributed by atoms with Gasteiger partial charge in [0.25, 0.3) is 0 Å². The molecule has 4 heteroatoms. The van der Waals surface area contributed by atoms with E-state index in [1.807, 2.05) is 13.8 Å². The molecule has 1 aromatic carbocycles. The third kappa shape index (κ3) is 3.80. The number of halogens is 1. The van der Waals surface area contributed by atoms with Crippen LogP contribution in [0.3, 0.4) is 0 Å². The lowest BCUT2D eigenvalue weighted by Gasteiger charge is -2.27. The molecule has 0 saturated carbocycles. The first kappa shape index (κ1) is 14.5. The molecule has 0 bridgehead atoms. The molecular formula is C15H20BrNO2. The smallest absolute Gasteiger partial charge is 0.322 e. The second-order valence-corrected chi connectivity index (χ2v) is 5.91. The molecule has 0 fully saturated rings. The fraction of sp³-hybridized carbons (Fsp3) is 0.533. The third-order valence-electron chi connectivity index (χ3n) is 3.52. The minimum absolute atomic E-state index is 0.163. The molecule has 0 heterocycles. The lowest BCUT2D eigenvalue weighted by Crippen LogP contribution is -2.44. The molecule has 1 N–H and O–H groups in total. The normalized spacial score (nSPS) is 19.6. The van der Waals surface area contributed by atoms with Crippen LogP contribution in [0.25, 0.3) is 0 Å². The number of hydrogen-bond acceptors (Lipinski definition) is 3. The number of fused-ring (bicyclic) bond motifs is 1. The van der Waals surface area contributed by atoms with E-state index in [1.54, 1.807) is 0 Å². The van der Waals surface area contributed by atoms with Crippen molar-refractivity contribution in [2.45, 2.75) is 45.2 Å². The SMILES string of the molecule is CCOC(=O)C(C)NC1CCc2cc(Br)ccc2C1. The lowest BCUT2D eigenvalue weighted by molar-refractivity contribution is -0.145. The van der Waals surface area contributed by atoms with Crippen molar-refractivity contribution in [2.24, 2.45) is 0 Å². The van der Waals surface area contributed by atoms with Gasteiger partial charge in [-0.1, -0.05) is 22.0 Å². The minimum Gasteiger partial charge on any atom is -0.465 e. The molecule has 2 rings (SSSR count). The summed E-state index contributed by atoms with van der Waals surface area (Å²) in [7, 11) is 0. The monoisotopic (exact) mass is 325 g/mol. The van der Waals surface area contributed by atoms with Crippen molar-refractivity contribution in [1.82, 2.24) is 5.32 Å². The Bertz CT molecular complexity index is 461. The quantitative estimate of drug-likeness (QED) is 0.865. The Morgan fingerprint density at radius 1 is 1.53 bits per heavy atom. The van der Waals surface area contributed by atoms with Gasteiger partial charge in [-0.3, -0.25) is 4.79 Å². The molecular weight excluding hydrogens is 306 g/mol. The Morgan fingerprint density at radius 3 is 3.05 bits per heavy atom. The van der Waals surface area contributed by atoms with Crippen molar-refractivity contribution in [1.29, 1.82) is 0 Å². The zero-order valence-corrected chi connectivity index (χ0v) is 13.0. The first-order valence-electron chi connectivity index (χ1n) is 6.80. The predicted octanol–water partition coefficient (Wildman–Crippen LogP) is 2.85. The maximum Gasteiger partial charge on any atom is 0.322 e. The van der Waals surface area contributed by atoms with Gasteiger partial charge in [0.05, 0.1) is 6.61 Å². The van der Waals surface area contributed by atoms with E-state index in [-0.39, 0.29) is 12.0 Å². The van der Waals surface area contributed by atoms with E-state index >= 15 is 0 Å². The maximum atomic E-state index is 11.6. The fourth-order valence-corrected chi connectivity index (χ4v) is 2.96. The third-order valence-corrected chi connectivity index (χ3v) is 4.02. The summed E-state index contributed by atoms with van der Waals surface area (Å²) < 4.78 is 6.16. The second kappa shape index (κ2) is 6.53. The van der Waals surface area contributed by atoms with Crippen molar-refractivity contribution in [3.63, 3.8) is 0 Å². The predicted molar refractivity (Wildman–Crippen MR) is 79.2 cm³/mol. The van der Waals surface area contributed by atoms with E-state index in [4.69, 9.17) is 4.74 Å². The van der Waals surface area contributed by atoms with Crippen LogP contribution in [0.2, 0.25) is 0 Å². The van der Waals surface area contributed by atoms with Crippen LogP contribution < -0.4 is 5.32 Å². The Morgan fingerprint density at radius 2 is 2.32 bits per heavy atom. The van der Waals surface area contributed by atoms with Crippen LogP contribution in [0.5, 0.6) is 0 Å². The minimum atomic E-state index is -0.234. The topological polar surface area (TPSA) is 38.3 Å². The number of nitrogens with one attached hydrogen (secondary N) is 1. The molecule has 0 aromatic heterocycles. The van der Waals surface area contributed by atoms with Crippen LogP contribution >= 0.6 is 15.9 Å². The molecule has 0 spiro atoms. The summed E-state index contributed by atoms with van der Waals surface area (Å²) in [6, 6.07) is 6.56. The van der Waals surface area contributed by atoms with E-state index in [0.717, 1.165) is 23.7 Å². The van der Waals surface area contributed by atoms with Crippen LogP contribution in [0, 0.1) is 0 Å². The average Bonchev–Trinajstić information content (AvgIpc) is 2.39. The number of carbonyl (C=O) groups is 1. The van der Waals surface area contributed by atoms with Gasteiger partial charge in [-0.15, -0.1) is 0 Å². The number of benzene rings is 1. The maximum absolute atomic E-state index is 11.6. The highest BCUT2D eigenvalue weighted by Gasteiger charge is 2.23. The van der Waals surface area contributed by atoms with Crippen LogP contribution in [0.15, 0.2) is 22.7 Å². The van der Waals surface area contributed by atoms with Crippen molar-refractivity contribution in [2.75, 3.05) is 6.61 Å². The number of esters is 1. The molecule has 104 valence electrons. The number of hydrogen-bond donors (Lipinski definition) is 1. The highest BCUT2D eigenvalue weighted by atomic mass is 79.9. The summed E-state index contributed by atoms with van der Waals surface area (Å²) in [5.41, 5.74) is 2.79. The average molecular weight is 326 g/mol. The van der Waals surface area contributed by atoms with E-state index in [0.29, 0.717) is 12.6 Å². The fourth-order valence-electron chi connectivity index (χ4n) is 2.55. The molecule has 1 aliphatic carbocycles. The van der Waals surface area contributed by atoms with E-state index in [9.17, 15) is 4.79 Å². The van der Waals surface area contributed by atoms with Gasteiger partial charge in [0.2, 0.25) is 0 Å². The Balaban J connectivity index is 1.95. The van der Waals surface area contributed by atoms with E-state index in [1.165, 1.54) is 11.1 Å². The standard InChI is InChI=1S/C15H20BrNO2/c1-3-19-15(18)10(2)17-14-7-5-11-8-13(16)6-4-12(11)9-14/h4,6,8,10,14,17H,3,5,7,9H2,1-2H3. The van der Waals surface area contributed by atoms with Crippen LogP contribution in [-0.2, 0) is 22.4 Å². The zero-order valence-electron chi connectivity index (χ0n) is 11.4. The Hall–Kier alpha value is -0.870. The van der Waals surface area contributed by atoms with Gasteiger partial charge in [-0.2, -0.15) is 0 Å². The second-order valence-electron chi connectivity index (χ2n) is 4.99. The summed E-state index contributed by atoms with van der Waals surface area (Å²) in [6.45, 7) is 4.14. The molecule has 1 aromatic rings. The van der Waals surface area contributed by atoms with Crippen molar-refractivity contribution < 1.29 is 9.53 Å². The molecule has 0 radical (unpaired) electrons. The molecule has 0 amide bonds. The summed E-state index contributed by atoms with van der Waals surface area (Å²) in [5, 5.41) is 3.37. The first-order valence-corrected chi connectivity index (χ1v) is 7.59. The van der Waals surface area contributed by atoms with Crippen LogP contribution in [0.1, 0.15) is 31.4 Å². The highest BCUT2D eigenvalue weighted by molar-refractivity contribution is 9.10. The van der Waals surface area contributed by atoms with Crippen LogP contribution in [0.4, 0.5) is 0 Å². The van der Waals surface area contributed by atoms with Crippen molar-refractivity contribution in [3.05, 3.63) is 33.8 Å². The van der Waals surface area contributed by atoms with Gasteiger partial charge in [0.15, 0.2) is 0 Å². The summed E-state index contributed by atoms with van der Waals surface area (Å²) in [4.78, 5) is 11.6. The van der Waals surface area contributed by atoms with Gasteiger partial charge >= 0.3 is 5.97 Å². The van der Waals surface area contributed by atoms with Gasteiger partial charge in [-0.25, -0.2) is 0 Å². The van der Waals surface area contributed by atoms with E-state index < -0.39 is 0 Å². The van der Waals surface area contributed by atoms with Crippen molar-refractivity contribution in [3.8, 4) is 0 Å². The van der Waals surface area contributed by atoms with Gasteiger partial charge < -0.3 is 10.1 Å². The molecule has 0 aliphatic heterocycles. The largest absolute Gasteiger partial charge is 0.465 e. The summed E-state index contributed by atoms with van der Waals surface area (Å²) >= 11 is 3.51. The first-order chi connectivity index (χ1) is 9.10. The molecule has 3 nitrogen and oxygen atoms in total. The zero-order chi connectivity index (χ0) is 13.8. The van der Waals surface area contributed by atoms with Gasteiger partial charge in [0, 0.05) is 10.5 Å². The molecule has 1 aliphatic rings. The number of rotatable bonds is 4. The van der Waals surface area contributed by atoms with Crippen LogP contribution in [-0.4, -0.2) is 24.7 Å². The molecule has 0 saturated heterocycles. The Labute approximate surface area is 122 Å². The van der Waals surface area contributed by atoms with E-state index in [2.05, 4.69) is 39.4 Å². The van der Waals surface area contributed by atoms with Crippen molar-refractivity contribution >= 4 is 21.9 Å². The number of aryl methyl sites for hydroxylation is 1. The summed E-state index contributed by atoms with van der Waals surface area (Å²) in [6.07, 6.45) is 3.10. The molecule has 2 atom stereocenters. The number of carbonyl (C=O) groups excluding carboxylic acids is 1. The lowest BCUT2D eigenvalue weighted by atomic mass is 9.88. The highest BCUT2D eigenvalue weighted by Crippen LogP contribution is 2.25.